The molecule has 3 aromatic rings. The molecule has 30 heavy (non-hydrogen) atoms. The number of hydrogen-bond acceptors (Lipinski definition) is 7. The van der Waals surface area contributed by atoms with Gasteiger partial charge in [-0.25, -0.2) is 9.97 Å². The first-order chi connectivity index (χ1) is 14.4. The lowest BCUT2D eigenvalue weighted by molar-refractivity contribution is -0.133. The van der Waals surface area contributed by atoms with E-state index in [9.17, 15) is 4.79 Å². The van der Waals surface area contributed by atoms with Crippen LogP contribution in [0.5, 0.6) is 5.75 Å². The van der Waals surface area contributed by atoms with Crippen LogP contribution in [0.1, 0.15) is 27.2 Å². The molecule has 9 heteroatoms. The maximum atomic E-state index is 12.5. The summed E-state index contributed by atoms with van der Waals surface area (Å²) in [6.45, 7) is 9.02. The van der Waals surface area contributed by atoms with Crippen molar-refractivity contribution < 1.29 is 9.53 Å². The molecular formula is C21H27N7O2. The van der Waals surface area contributed by atoms with Gasteiger partial charge in [0.15, 0.2) is 17.0 Å². The zero-order valence-electron chi connectivity index (χ0n) is 17.9. The third-order valence-corrected chi connectivity index (χ3v) is 5.15. The Morgan fingerprint density at radius 2 is 1.77 bits per heavy atom. The van der Waals surface area contributed by atoms with Crippen LogP contribution in [-0.4, -0.2) is 69.1 Å². The SMILES string of the molecule is COc1ccc(-n2nnc3c(N4CCN(C(=O)CC(C)(C)C)CC4)ncnc32)cc1. The first-order valence-electron chi connectivity index (χ1n) is 10.1. The van der Waals surface area contributed by atoms with Crippen molar-refractivity contribution in [3.63, 3.8) is 0 Å². The second-order valence-corrected chi connectivity index (χ2v) is 8.67. The van der Waals surface area contributed by atoms with Crippen molar-refractivity contribution in [2.75, 3.05) is 38.2 Å². The largest absolute Gasteiger partial charge is 0.497 e. The molecule has 1 aliphatic rings. The number of carbonyl (C=O) groups is 1. The number of benzene rings is 1. The number of fused-ring (bicyclic) bond motifs is 1. The Hall–Kier alpha value is -3.23. The van der Waals surface area contributed by atoms with Gasteiger partial charge in [0.05, 0.1) is 12.8 Å². The van der Waals surface area contributed by atoms with Gasteiger partial charge in [-0.1, -0.05) is 26.0 Å². The van der Waals surface area contributed by atoms with Crippen molar-refractivity contribution in [1.82, 2.24) is 29.9 Å². The lowest BCUT2D eigenvalue weighted by atomic mass is 9.91. The number of carbonyl (C=O) groups excluding carboxylic acids is 1. The van der Waals surface area contributed by atoms with E-state index < -0.39 is 0 Å². The highest BCUT2D eigenvalue weighted by molar-refractivity contribution is 5.84. The topological polar surface area (TPSA) is 89.3 Å². The van der Waals surface area contributed by atoms with Gasteiger partial charge in [-0.05, 0) is 29.7 Å². The molecule has 4 rings (SSSR count). The molecule has 9 nitrogen and oxygen atoms in total. The highest BCUT2D eigenvalue weighted by Crippen LogP contribution is 2.25. The predicted octanol–water partition coefficient (Wildman–Crippen LogP) is 2.30. The van der Waals surface area contributed by atoms with Crippen LogP contribution in [0.3, 0.4) is 0 Å². The van der Waals surface area contributed by atoms with Crippen LogP contribution >= 0.6 is 0 Å². The Balaban J connectivity index is 1.53. The van der Waals surface area contributed by atoms with Crippen LogP contribution in [0.25, 0.3) is 16.9 Å². The van der Waals surface area contributed by atoms with Crippen LogP contribution in [0.15, 0.2) is 30.6 Å². The van der Waals surface area contributed by atoms with E-state index in [0.717, 1.165) is 17.3 Å². The minimum absolute atomic E-state index is 0.00695. The molecule has 2 aromatic heterocycles. The molecule has 0 spiro atoms. The smallest absolute Gasteiger partial charge is 0.223 e. The van der Waals surface area contributed by atoms with Gasteiger partial charge in [0.25, 0.3) is 0 Å². The maximum absolute atomic E-state index is 12.5. The minimum atomic E-state index is -0.00695. The Morgan fingerprint density at radius 1 is 1.07 bits per heavy atom. The van der Waals surface area contributed by atoms with Crippen LogP contribution < -0.4 is 9.64 Å². The normalized spacial score (nSPS) is 14.9. The van der Waals surface area contributed by atoms with Gasteiger partial charge < -0.3 is 14.5 Å². The summed E-state index contributed by atoms with van der Waals surface area (Å²) in [4.78, 5) is 25.5. The second-order valence-electron chi connectivity index (χ2n) is 8.67. The number of amides is 1. The molecule has 0 unspecified atom stereocenters. The number of anilines is 1. The third kappa shape index (κ3) is 4.05. The third-order valence-electron chi connectivity index (χ3n) is 5.15. The van der Waals surface area contributed by atoms with Gasteiger partial charge >= 0.3 is 0 Å². The molecule has 3 heterocycles. The summed E-state index contributed by atoms with van der Waals surface area (Å²) in [7, 11) is 1.63. The lowest BCUT2D eigenvalue weighted by Crippen LogP contribution is -2.49. The summed E-state index contributed by atoms with van der Waals surface area (Å²) in [5, 5.41) is 8.64. The van der Waals surface area contributed by atoms with Gasteiger partial charge in [0.2, 0.25) is 5.91 Å². The summed E-state index contributed by atoms with van der Waals surface area (Å²) in [6.07, 6.45) is 2.10. The van der Waals surface area contributed by atoms with Crippen molar-refractivity contribution in [3.05, 3.63) is 30.6 Å². The Kier molecular flexibility index (Phi) is 5.27. The first kappa shape index (κ1) is 20.1. The lowest BCUT2D eigenvalue weighted by Gasteiger charge is -2.36. The van der Waals surface area contributed by atoms with E-state index in [0.29, 0.717) is 43.8 Å². The number of ether oxygens (including phenoxy) is 1. The molecule has 0 aliphatic carbocycles. The number of nitrogens with zero attached hydrogens (tertiary/aromatic N) is 7. The molecule has 1 saturated heterocycles. The van der Waals surface area contributed by atoms with E-state index in [4.69, 9.17) is 4.74 Å². The highest BCUT2D eigenvalue weighted by atomic mass is 16.5. The van der Waals surface area contributed by atoms with Gasteiger partial charge in [0, 0.05) is 32.6 Å². The zero-order chi connectivity index (χ0) is 21.3. The molecule has 1 amide bonds. The molecule has 0 radical (unpaired) electrons. The molecule has 1 fully saturated rings. The fraction of sp³-hybridized carbons (Fsp3) is 0.476. The molecule has 0 atom stereocenters. The van der Waals surface area contributed by atoms with E-state index in [2.05, 4.69) is 46.0 Å². The number of piperazine rings is 1. The van der Waals surface area contributed by atoms with Gasteiger partial charge in [-0.2, -0.15) is 4.68 Å². The van der Waals surface area contributed by atoms with E-state index in [1.807, 2.05) is 29.2 Å². The average molecular weight is 409 g/mol. The number of hydrogen-bond donors (Lipinski definition) is 0. The maximum Gasteiger partial charge on any atom is 0.223 e. The zero-order valence-corrected chi connectivity index (χ0v) is 17.9. The van der Waals surface area contributed by atoms with Crippen molar-refractivity contribution in [2.45, 2.75) is 27.2 Å². The molecule has 158 valence electrons. The molecule has 0 saturated carbocycles. The molecule has 0 N–H and O–H groups in total. The number of rotatable bonds is 4. The Morgan fingerprint density at radius 3 is 2.40 bits per heavy atom. The minimum Gasteiger partial charge on any atom is -0.497 e. The molecule has 1 aliphatic heterocycles. The predicted molar refractivity (Wildman–Crippen MR) is 114 cm³/mol. The van der Waals surface area contributed by atoms with Crippen molar-refractivity contribution in [2.24, 2.45) is 5.41 Å². The summed E-state index contributed by atoms with van der Waals surface area (Å²) in [6, 6.07) is 7.57. The summed E-state index contributed by atoms with van der Waals surface area (Å²) < 4.78 is 6.92. The van der Waals surface area contributed by atoms with Gasteiger partial charge in [0.1, 0.15) is 12.1 Å². The van der Waals surface area contributed by atoms with Gasteiger partial charge in [-0.15, -0.1) is 5.10 Å². The first-order valence-corrected chi connectivity index (χ1v) is 10.1. The molecule has 1 aromatic carbocycles. The van der Waals surface area contributed by atoms with Crippen LogP contribution in [-0.2, 0) is 4.79 Å². The van der Waals surface area contributed by atoms with Crippen molar-refractivity contribution in [1.29, 1.82) is 0 Å². The fourth-order valence-corrected chi connectivity index (χ4v) is 3.60. The second kappa shape index (κ2) is 7.89. The molecule has 0 bridgehead atoms. The van der Waals surface area contributed by atoms with E-state index in [-0.39, 0.29) is 11.3 Å². The van der Waals surface area contributed by atoms with Crippen LogP contribution in [0, 0.1) is 5.41 Å². The fourth-order valence-electron chi connectivity index (χ4n) is 3.60. The van der Waals surface area contributed by atoms with Gasteiger partial charge in [-0.3, -0.25) is 4.79 Å². The summed E-state index contributed by atoms with van der Waals surface area (Å²) in [5.74, 6) is 1.74. The molecular weight excluding hydrogens is 382 g/mol. The Labute approximate surface area is 175 Å². The van der Waals surface area contributed by atoms with E-state index >= 15 is 0 Å². The average Bonchev–Trinajstić information content (AvgIpc) is 3.17. The summed E-state index contributed by atoms with van der Waals surface area (Å²) >= 11 is 0. The number of methoxy groups -OCH3 is 1. The number of aromatic nitrogens is 5. The van der Waals surface area contributed by atoms with Crippen molar-refractivity contribution in [3.8, 4) is 11.4 Å². The summed E-state index contributed by atoms with van der Waals surface area (Å²) in [5.41, 5.74) is 2.15. The quantitative estimate of drug-likeness (QED) is 0.653. The van der Waals surface area contributed by atoms with Crippen LogP contribution in [0.2, 0.25) is 0 Å². The van der Waals surface area contributed by atoms with E-state index in [1.54, 1.807) is 11.8 Å². The standard InChI is InChI=1S/C21H27N7O2/c1-21(2,3)13-17(29)26-9-11-27(12-10-26)19-18-20(23-14-22-19)28(25-24-18)15-5-7-16(30-4)8-6-15/h5-8,14H,9-13H2,1-4H3. The monoisotopic (exact) mass is 409 g/mol. The highest BCUT2D eigenvalue weighted by Gasteiger charge is 2.27. The van der Waals surface area contributed by atoms with Crippen LogP contribution in [0.4, 0.5) is 5.82 Å². The van der Waals surface area contributed by atoms with E-state index in [1.165, 1.54) is 6.33 Å². The van der Waals surface area contributed by atoms with Crippen molar-refractivity contribution >= 4 is 22.9 Å². The Bertz CT molecular complexity index is 1030.